The molecule has 0 aromatic carbocycles. The highest BCUT2D eigenvalue weighted by Gasteiger charge is 2.68. The Morgan fingerprint density at radius 2 is 1.75 bits per heavy atom. The standard InChI is InChI=1S/C28H47NO3/c1-16-14-28(31-5)25(29-15-16)17(2)24-23(32-28)13-22-20-7-6-18-12-19(30)8-10-26(18,3)21(20)9-11-27(22,24)4/h16-25,29-30H,6-15H2,1-5H3. The maximum atomic E-state index is 10.4. The van der Waals surface area contributed by atoms with E-state index in [9.17, 15) is 5.11 Å². The van der Waals surface area contributed by atoms with Gasteiger partial charge in [-0.25, -0.2) is 0 Å². The molecule has 0 aromatic heterocycles. The van der Waals surface area contributed by atoms with Crippen molar-refractivity contribution in [3.8, 4) is 0 Å². The van der Waals surface area contributed by atoms with Crippen molar-refractivity contribution in [3.05, 3.63) is 0 Å². The van der Waals surface area contributed by atoms with E-state index in [4.69, 9.17) is 9.47 Å². The minimum Gasteiger partial charge on any atom is -0.393 e. The first-order valence-electron chi connectivity index (χ1n) is 13.9. The molecule has 2 saturated heterocycles. The van der Waals surface area contributed by atoms with Gasteiger partial charge < -0.3 is 19.9 Å². The largest absolute Gasteiger partial charge is 0.393 e. The molecule has 0 radical (unpaired) electrons. The van der Waals surface area contributed by atoms with E-state index in [0.717, 1.165) is 49.5 Å². The fourth-order valence-electron chi connectivity index (χ4n) is 10.9. The van der Waals surface area contributed by atoms with Crippen LogP contribution in [-0.2, 0) is 9.47 Å². The molecule has 32 heavy (non-hydrogen) atoms. The summed E-state index contributed by atoms with van der Waals surface area (Å²) in [4.78, 5) is 0. The van der Waals surface area contributed by atoms with Gasteiger partial charge in [-0.05, 0) is 110 Å². The molecule has 4 saturated carbocycles. The number of methoxy groups -OCH3 is 1. The van der Waals surface area contributed by atoms with Gasteiger partial charge >= 0.3 is 0 Å². The quantitative estimate of drug-likeness (QED) is 0.597. The first-order valence-corrected chi connectivity index (χ1v) is 13.9. The van der Waals surface area contributed by atoms with Gasteiger partial charge in [-0.3, -0.25) is 0 Å². The molecule has 13 atom stereocenters. The van der Waals surface area contributed by atoms with Crippen LogP contribution in [0.2, 0.25) is 0 Å². The fraction of sp³-hybridized carbons (Fsp3) is 1.00. The SMILES string of the molecule is COC12CC(C)CNC1C(C)C1C(CC3C4CCC5CC(O)CCC5(C)C4CCC31C)O2. The van der Waals surface area contributed by atoms with Gasteiger partial charge in [0.2, 0.25) is 0 Å². The third-order valence-electron chi connectivity index (χ3n) is 12.3. The van der Waals surface area contributed by atoms with Gasteiger partial charge in [0.15, 0.2) is 5.79 Å². The molecule has 4 aliphatic carbocycles. The highest BCUT2D eigenvalue weighted by Crippen LogP contribution is 2.70. The van der Waals surface area contributed by atoms with Crippen LogP contribution in [0.15, 0.2) is 0 Å². The minimum absolute atomic E-state index is 0.0504. The van der Waals surface area contributed by atoms with Crippen molar-refractivity contribution >= 4 is 0 Å². The van der Waals surface area contributed by atoms with Crippen molar-refractivity contribution < 1.29 is 14.6 Å². The van der Waals surface area contributed by atoms with E-state index in [1.165, 1.54) is 38.5 Å². The number of hydrogen-bond donors (Lipinski definition) is 2. The molecule has 6 fully saturated rings. The number of aliphatic hydroxyl groups is 1. The molecular weight excluding hydrogens is 398 g/mol. The van der Waals surface area contributed by atoms with E-state index in [1.54, 1.807) is 0 Å². The van der Waals surface area contributed by atoms with Crippen LogP contribution < -0.4 is 5.32 Å². The summed E-state index contributed by atoms with van der Waals surface area (Å²) >= 11 is 0. The monoisotopic (exact) mass is 445 g/mol. The van der Waals surface area contributed by atoms with E-state index in [1.807, 2.05) is 7.11 Å². The topological polar surface area (TPSA) is 50.7 Å². The Labute approximate surface area is 195 Å². The highest BCUT2D eigenvalue weighted by atomic mass is 16.7. The van der Waals surface area contributed by atoms with E-state index in [-0.39, 0.29) is 6.10 Å². The maximum absolute atomic E-state index is 10.4. The minimum atomic E-state index is -0.440. The van der Waals surface area contributed by atoms with Crippen molar-refractivity contribution in [1.82, 2.24) is 5.32 Å². The van der Waals surface area contributed by atoms with Crippen LogP contribution in [0.1, 0.15) is 85.5 Å². The highest BCUT2D eigenvalue weighted by molar-refractivity contribution is 5.16. The normalized spacial score (nSPS) is 61.7. The average Bonchev–Trinajstić information content (AvgIpc) is 3.06. The molecule has 4 heteroatoms. The lowest BCUT2D eigenvalue weighted by atomic mass is 9.44. The number of fused-ring (bicyclic) bond motifs is 8. The molecule has 4 nitrogen and oxygen atoms in total. The van der Waals surface area contributed by atoms with Crippen molar-refractivity contribution in [2.75, 3.05) is 13.7 Å². The number of aliphatic hydroxyl groups excluding tert-OH is 1. The lowest BCUT2D eigenvalue weighted by molar-refractivity contribution is -0.322. The smallest absolute Gasteiger partial charge is 0.184 e. The second kappa shape index (κ2) is 7.42. The third kappa shape index (κ3) is 2.88. The molecule has 2 aliphatic heterocycles. The Morgan fingerprint density at radius 1 is 0.969 bits per heavy atom. The number of nitrogens with one attached hydrogen (secondary N) is 1. The van der Waals surface area contributed by atoms with E-state index < -0.39 is 5.79 Å². The fourth-order valence-corrected chi connectivity index (χ4v) is 10.9. The predicted molar refractivity (Wildman–Crippen MR) is 126 cm³/mol. The van der Waals surface area contributed by atoms with Gasteiger partial charge in [0, 0.05) is 13.5 Å². The third-order valence-corrected chi connectivity index (χ3v) is 12.3. The Morgan fingerprint density at radius 3 is 2.53 bits per heavy atom. The Balaban J connectivity index is 1.31. The first-order chi connectivity index (χ1) is 15.2. The average molecular weight is 446 g/mol. The van der Waals surface area contributed by atoms with Crippen molar-refractivity contribution in [2.45, 2.75) is 110 Å². The summed E-state index contributed by atoms with van der Waals surface area (Å²) < 4.78 is 13.3. The van der Waals surface area contributed by atoms with Crippen LogP contribution >= 0.6 is 0 Å². The number of piperidine rings is 1. The molecule has 6 aliphatic rings. The van der Waals surface area contributed by atoms with Crippen LogP contribution in [0, 0.1) is 52.3 Å². The molecule has 13 unspecified atom stereocenters. The van der Waals surface area contributed by atoms with Crippen molar-refractivity contribution in [1.29, 1.82) is 0 Å². The molecule has 0 amide bonds. The Kier molecular flexibility index (Phi) is 5.17. The molecular formula is C28H47NO3. The first kappa shape index (κ1) is 22.3. The number of ether oxygens (including phenoxy) is 2. The zero-order valence-electron chi connectivity index (χ0n) is 21.1. The molecule has 0 aromatic rings. The zero-order valence-corrected chi connectivity index (χ0v) is 21.1. The van der Waals surface area contributed by atoms with Crippen LogP contribution in [0.4, 0.5) is 0 Å². The number of rotatable bonds is 1. The molecule has 0 spiro atoms. The van der Waals surface area contributed by atoms with Gasteiger partial charge in [-0.15, -0.1) is 0 Å². The summed E-state index contributed by atoms with van der Waals surface area (Å²) in [6.07, 6.45) is 11.3. The van der Waals surface area contributed by atoms with Crippen LogP contribution in [0.3, 0.4) is 0 Å². The molecule has 2 N–H and O–H groups in total. The maximum Gasteiger partial charge on any atom is 0.184 e. The molecule has 0 bridgehead atoms. The van der Waals surface area contributed by atoms with Crippen LogP contribution in [-0.4, -0.2) is 42.8 Å². The molecule has 182 valence electrons. The van der Waals surface area contributed by atoms with E-state index in [2.05, 4.69) is 33.0 Å². The summed E-state index contributed by atoms with van der Waals surface area (Å²) in [5.74, 6) is 4.60. The van der Waals surface area contributed by atoms with E-state index in [0.29, 0.717) is 40.7 Å². The summed E-state index contributed by atoms with van der Waals surface area (Å²) in [5.41, 5.74) is 0.843. The summed E-state index contributed by atoms with van der Waals surface area (Å²) in [5, 5.41) is 14.2. The summed E-state index contributed by atoms with van der Waals surface area (Å²) in [6.45, 7) is 11.1. The van der Waals surface area contributed by atoms with Gasteiger partial charge in [0.05, 0.1) is 18.2 Å². The second-order valence-corrected chi connectivity index (χ2v) is 13.6. The van der Waals surface area contributed by atoms with Gasteiger partial charge in [0.25, 0.3) is 0 Å². The zero-order chi connectivity index (χ0) is 22.5. The lowest BCUT2D eigenvalue weighted by Gasteiger charge is -2.62. The van der Waals surface area contributed by atoms with E-state index >= 15 is 0 Å². The van der Waals surface area contributed by atoms with Crippen molar-refractivity contribution in [3.63, 3.8) is 0 Å². The second-order valence-electron chi connectivity index (χ2n) is 13.6. The molecule has 2 heterocycles. The summed E-state index contributed by atoms with van der Waals surface area (Å²) in [6, 6.07) is 0.311. The van der Waals surface area contributed by atoms with Gasteiger partial charge in [0.1, 0.15) is 0 Å². The Hall–Kier alpha value is -0.160. The van der Waals surface area contributed by atoms with Crippen LogP contribution in [0.5, 0.6) is 0 Å². The van der Waals surface area contributed by atoms with Gasteiger partial charge in [-0.2, -0.15) is 0 Å². The number of hydrogen-bond acceptors (Lipinski definition) is 4. The van der Waals surface area contributed by atoms with Crippen molar-refractivity contribution in [2.24, 2.45) is 52.3 Å². The lowest BCUT2D eigenvalue weighted by Crippen LogP contribution is -2.69. The Bertz CT molecular complexity index is 744. The van der Waals surface area contributed by atoms with Crippen LogP contribution in [0.25, 0.3) is 0 Å². The predicted octanol–water partition coefficient (Wildman–Crippen LogP) is 4.99. The van der Waals surface area contributed by atoms with Gasteiger partial charge in [-0.1, -0.05) is 27.7 Å². The summed E-state index contributed by atoms with van der Waals surface area (Å²) in [7, 11) is 1.87. The molecule has 6 rings (SSSR count).